The van der Waals surface area contributed by atoms with Crippen molar-refractivity contribution in [1.82, 2.24) is 9.97 Å². The van der Waals surface area contributed by atoms with Gasteiger partial charge in [-0.15, -0.1) is 0 Å². The molecule has 1 aromatic carbocycles. The summed E-state index contributed by atoms with van der Waals surface area (Å²) in [4.78, 5) is 8.72. The second kappa shape index (κ2) is 7.27. The molecule has 0 bridgehead atoms. The molecule has 0 aliphatic heterocycles. The Labute approximate surface area is 131 Å². The molecule has 0 amide bonds. The summed E-state index contributed by atoms with van der Waals surface area (Å²) in [5.41, 5.74) is 3.19. The molecule has 0 saturated carbocycles. The monoisotopic (exact) mass is 304 g/mol. The topological polar surface area (TPSA) is 49.8 Å². The summed E-state index contributed by atoms with van der Waals surface area (Å²) < 4.78 is 0. The molecular weight excluding hydrogens is 284 g/mol. The Morgan fingerprint density at radius 3 is 2.62 bits per heavy atom. The normalized spacial score (nSPS) is 10.5. The van der Waals surface area contributed by atoms with Crippen molar-refractivity contribution in [3.05, 3.63) is 40.7 Å². The fraction of sp³-hybridized carbons (Fsp3) is 0.375. The molecule has 2 rings (SSSR count). The van der Waals surface area contributed by atoms with Gasteiger partial charge < -0.3 is 10.6 Å². The SMILES string of the molecule is CCCNc1ncnc(Nc2cc(Cl)ccc2C)c1CC. The van der Waals surface area contributed by atoms with Gasteiger partial charge in [0.15, 0.2) is 0 Å². The third kappa shape index (κ3) is 3.85. The number of rotatable bonds is 6. The number of hydrogen-bond acceptors (Lipinski definition) is 4. The number of hydrogen-bond donors (Lipinski definition) is 2. The minimum atomic E-state index is 0.708. The Kier molecular flexibility index (Phi) is 5.39. The number of aromatic nitrogens is 2. The summed E-state index contributed by atoms with van der Waals surface area (Å²) in [5, 5.41) is 7.43. The second-order valence-electron chi connectivity index (χ2n) is 4.91. The van der Waals surface area contributed by atoms with Crippen LogP contribution < -0.4 is 10.6 Å². The lowest BCUT2D eigenvalue weighted by Crippen LogP contribution is -2.09. The highest BCUT2D eigenvalue weighted by Gasteiger charge is 2.10. The standard InChI is InChI=1S/C16H21ClN4/c1-4-8-18-15-13(5-2)16(20-10-19-15)21-14-9-12(17)7-6-11(14)3/h6-7,9-10H,4-5,8H2,1-3H3,(H2,18,19,20,21). The van der Waals surface area contributed by atoms with Crippen LogP contribution in [0.1, 0.15) is 31.4 Å². The summed E-state index contributed by atoms with van der Waals surface area (Å²) in [7, 11) is 0. The summed E-state index contributed by atoms with van der Waals surface area (Å²) in [6.07, 6.45) is 3.50. The van der Waals surface area contributed by atoms with Crippen molar-refractivity contribution < 1.29 is 0 Å². The summed E-state index contributed by atoms with van der Waals surface area (Å²) in [6.45, 7) is 7.18. The molecule has 1 heterocycles. The van der Waals surface area contributed by atoms with E-state index in [0.717, 1.165) is 47.8 Å². The molecule has 1 aromatic heterocycles. The third-order valence-corrected chi connectivity index (χ3v) is 3.53. The molecule has 0 aliphatic carbocycles. The van der Waals surface area contributed by atoms with Crippen molar-refractivity contribution in [2.45, 2.75) is 33.6 Å². The molecule has 0 fully saturated rings. The minimum Gasteiger partial charge on any atom is -0.370 e. The molecule has 2 aromatic rings. The lowest BCUT2D eigenvalue weighted by atomic mass is 10.1. The highest BCUT2D eigenvalue weighted by molar-refractivity contribution is 6.30. The Morgan fingerprint density at radius 1 is 1.14 bits per heavy atom. The van der Waals surface area contributed by atoms with Crippen LogP contribution in [-0.4, -0.2) is 16.5 Å². The van der Waals surface area contributed by atoms with Gasteiger partial charge in [0.2, 0.25) is 0 Å². The lowest BCUT2D eigenvalue weighted by molar-refractivity contribution is 0.949. The number of benzene rings is 1. The predicted octanol–water partition coefficient (Wildman–Crippen LogP) is 4.57. The highest BCUT2D eigenvalue weighted by Crippen LogP contribution is 2.27. The Hall–Kier alpha value is -1.81. The zero-order valence-corrected chi connectivity index (χ0v) is 13.5. The molecule has 4 nitrogen and oxygen atoms in total. The largest absolute Gasteiger partial charge is 0.370 e. The van der Waals surface area contributed by atoms with Crippen molar-refractivity contribution in [1.29, 1.82) is 0 Å². The smallest absolute Gasteiger partial charge is 0.139 e. The molecule has 5 heteroatoms. The van der Waals surface area contributed by atoms with E-state index in [1.807, 2.05) is 25.1 Å². The predicted molar refractivity (Wildman–Crippen MR) is 89.7 cm³/mol. The first-order chi connectivity index (χ1) is 10.2. The summed E-state index contributed by atoms with van der Waals surface area (Å²) in [6, 6.07) is 5.79. The fourth-order valence-electron chi connectivity index (χ4n) is 2.11. The van der Waals surface area contributed by atoms with Crippen molar-refractivity contribution in [3.8, 4) is 0 Å². The van der Waals surface area contributed by atoms with E-state index in [-0.39, 0.29) is 0 Å². The highest BCUT2D eigenvalue weighted by atomic mass is 35.5. The molecule has 0 saturated heterocycles. The summed E-state index contributed by atoms with van der Waals surface area (Å²) >= 11 is 6.07. The zero-order chi connectivity index (χ0) is 15.2. The van der Waals surface area contributed by atoms with Crippen LogP contribution in [0, 0.1) is 6.92 Å². The first-order valence-electron chi connectivity index (χ1n) is 7.26. The van der Waals surface area contributed by atoms with Gasteiger partial charge in [-0.05, 0) is 37.5 Å². The van der Waals surface area contributed by atoms with Gasteiger partial charge in [0, 0.05) is 22.8 Å². The average Bonchev–Trinajstić information content (AvgIpc) is 2.49. The van der Waals surface area contributed by atoms with Crippen LogP contribution in [0.5, 0.6) is 0 Å². The molecule has 0 radical (unpaired) electrons. The first kappa shape index (κ1) is 15.6. The van der Waals surface area contributed by atoms with E-state index in [1.54, 1.807) is 6.33 Å². The van der Waals surface area contributed by atoms with Crippen molar-refractivity contribution in [2.75, 3.05) is 17.2 Å². The zero-order valence-electron chi connectivity index (χ0n) is 12.7. The van der Waals surface area contributed by atoms with Gasteiger partial charge in [-0.1, -0.05) is 31.5 Å². The van der Waals surface area contributed by atoms with Crippen LogP contribution in [0.4, 0.5) is 17.3 Å². The molecule has 21 heavy (non-hydrogen) atoms. The van der Waals surface area contributed by atoms with Crippen LogP contribution in [-0.2, 0) is 6.42 Å². The quantitative estimate of drug-likeness (QED) is 0.821. The maximum absolute atomic E-state index is 6.07. The van der Waals surface area contributed by atoms with E-state index in [0.29, 0.717) is 5.02 Å². The number of nitrogens with zero attached hydrogens (tertiary/aromatic N) is 2. The molecular formula is C16H21ClN4. The first-order valence-corrected chi connectivity index (χ1v) is 7.64. The van der Waals surface area contributed by atoms with Crippen LogP contribution in [0.15, 0.2) is 24.5 Å². The van der Waals surface area contributed by atoms with Gasteiger partial charge in [0.25, 0.3) is 0 Å². The Balaban J connectivity index is 2.33. The Morgan fingerprint density at radius 2 is 1.90 bits per heavy atom. The number of aryl methyl sites for hydroxylation is 1. The van der Waals surface area contributed by atoms with Crippen LogP contribution in [0.25, 0.3) is 0 Å². The molecule has 2 N–H and O–H groups in total. The van der Waals surface area contributed by atoms with E-state index >= 15 is 0 Å². The molecule has 0 aliphatic rings. The third-order valence-electron chi connectivity index (χ3n) is 3.29. The van der Waals surface area contributed by atoms with Crippen molar-refractivity contribution in [2.24, 2.45) is 0 Å². The van der Waals surface area contributed by atoms with Gasteiger partial charge in [0.05, 0.1) is 0 Å². The number of halogens is 1. The van der Waals surface area contributed by atoms with E-state index in [2.05, 4.69) is 34.4 Å². The van der Waals surface area contributed by atoms with Crippen molar-refractivity contribution in [3.63, 3.8) is 0 Å². The van der Waals surface area contributed by atoms with Gasteiger partial charge >= 0.3 is 0 Å². The van der Waals surface area contributed by atoms with Gasteiger partial charge in [-0.25, -0.2) is 9.97 Å². The van der Waals surface area contributed by atoms with Gasteiger partial charge in [-0.2, -0.15) is 0 Å². The molecule has 0 spiro atoms. The van der Waals surface area contributed by atoms with E-state index in [4.69, 9.17) is 11.6 Å². The molecule has 0 atom stereocenters. The minimum absolute atomic E-state index is 0.708. The van der Waals surface area contributed by atoms with Crippen molar-refractivity contribution >= 4 is 28.9 Å². The van der Waals surface area contributed by atoms with E-state index in [9.17, 15) is 0 Å². The second-order valence-corrected chi connectivity index (χ2v) is 5.35. The average molecular weight is 305 g/mol. The number of nitrogens with one attached hydrogen (secondary N) is 2. The summed E-state index contributed by atoms with van der Waals surface area (Å²) in [5.74, 6) is 1.73. The maximum atomic E-state index is 6.07. The Bertz CT molecular complexity index is 613. The maximum Gasteiger partial charge on any atom is 0.139 e. The van der Waals surface area contributed by atoms with Crippen LogP contribution in [0.3, 0.4) is 0 Å². The van der Waals surface area contributed by atoms with E-state index < -0.39 is 0 Å². The van der Waals surface area contributed by atoms with Gasteiger partial charge in [-0.3, -0.25) is 0 Å². The van der Waals surface area contributed by atoms with Crippen LogP contribution in [0.2, 0.25) is 5.02 Å². The lowest BCUT2D eigenvalue weighted by Gasteiger charge is -2.15. The van der Waals surface area contributed by atoms with E-state index in [1.165, 1.54) is 0 Å². The van der Waals surface area contributed by atoms with Crippen LogP contribution >= 0.6 is 11.6 Å². The molecule has 112 valence electrons. The van der Waals surface area contributed by atoms with Gasteiger partial charge in [0.1, 0.15) is 18.0 Å². The fourth-order valence-corrected chi connectivity index (χ4v) is 2.28. The molecule has 0 unspecified atom stereocenters. The number of anilines is 3.